The zero-order chi connectivity index (χ0) is 12.2. The van der Waals surface area contributed by atoms with Crippen LogP contribution < -0.4 is 10.5 Å². The van der Waals surface area contributed by atoms with Gasteiger partial charge in [0.2, 0.25) is 0 Å². The number of hydrogen-bond donors (Lipinski definition) is 1. The lowest BCUT2D eigenvalue weighted by Crippen LogP contribution is -2.08. The number of rotatable bonds is 5. The summed E-state index contributed by atoms with van der Waals surface area (Å²) in [6.45, 7) is 0.333. The highest BCUT2D eigenvalue weighted by Crippen LogP contribution is 2.30. The van der Waals surface area contributed by atoms with Crippen molar-refractivity contribution in [2.24, 2.45) is 0 Å². The van der Waals surface area contributed by atoms with E-state index in [1.54, 1.807) is 6.07 Å². The van der Waals surface area contributed by atoms with Crippen LogP contribution >= 0.6 is 15.9 Å². The van der Waals surface area contributed by atoms with Gasteiger partial charge in [0.25, 0.3) is 0 Å². The molecule has 0 aliphatic heterocycles. The van der Waals surface area contributed by atoms with E-state index in [0.29, 0.717) is 24.5 Å². The standard InChI is InChI=1S/C10H14BrNO3S/c1-16(13,14)7-3-6-15-10-8(11)4-2-5-9(10)12/h2,4-5H,3,6-7,12H2,1H3. The van der Waals surface area contributed by atoms with Crippen molar-refractivity contribution >= 4 is 31.5 Å². The highest BCUT2D eigenvalue weighted by molar-refractivity contribution is 9.10. The summed E-state index contributed by atoms with van der Waals surface area (Å²) in [7, 11) is -2.92. The molecule has 16 heavy (non-hydrogen) atoms. The number of nitrogens with two attached hydrogens (primary N) is 1. The fourth-order valence-corrected chi connectivity index (χ4v) is 2.31. The number of sulfone groups is 1. The molecule has 1 rings (SSSR count). The van der Waals surface area contributed by atoms with Crippen LogP contribution in [0.15, 0.2) is 22.7 Å². The molecule has 1 aromatic carbocycles. The molecule has 0 fully saturated rings. The van der Waals surface area contributed by atoms with Gasteiger partial charge in [0.05, 0.1) is 22.5 Å². The maximum Gasteiger partial charge on any atom is 0.156 e. The maximum atomic E-state index is 10.9. The Hall–Kier alpha value is -0.750. The summed E-state index contributed by atoms with van der Waals surface area (Å²) in [6, 6.07) is 5.36. The monoisotopic (exact) mass is 307 g/mol. The third-order valence-electron chi connectivity index (χ3n) is 1.90. The molecule has 0 radical (unpaired) electrons. The third kappa shape index (κ3) is 4.40. The molecule has 2 N–H and O–H groups in total. The Balaban J connectivity index is 2.49. The molecule has 0 aromatic heterocycles. The summed E-state index contributed by atoms with van der Waals surface area (Å²) in [5.41, 5.74) is 6.25. The first kappa shape index (κ1) is 13.3. The molecule has 0 saturated carbocycles. The summed E-state index contributed by atoms with van der Waals surface area (Å²) in [4.78, 5) is 0. The Morgan fingerprint density at radius 3 is 2.69 bits per heavy atom. The smallest absolute Gasteiger partial charge is 0.156 e. The van der Waals surface area contributed by atoms with Crippen molar-refractivity contribution in [2.75, 3.05) is 24.3 Å². The van der Waals surface area contributed by atoms with Gasteiger partial charge in [-0.25, -0.2) is 8.42 Å². The van der Waals surface area contributed by atoms with Crippen LogP contribution in [-0.4, -0.2) is 27.0 Å². The average Bonchev–Trinajstić information content (AvgIpc) is 2.14. The molecule has 0 aliphatic carbocycles. The van der Waals surface area contributed by atoms with E-state index < -0.39 is 9.84 Å². The zero-order valence-corrected chi connectivity index (χ0v) is 11.3. The molecule has 1 aromatic rings. The van der Waals surface area contributed by atoms with Crippen molar-refractivity contribution in [2.45, 2.75) is 6.42 Å². The molecule has 0 heterocycles. The summed E-state index contributed by atoms with van der Waals surface area (Å²) in [5, 5.41) is 0. The van der Waals surface area contributed by atoms with Crippen molar-refractivity contribution in [1.82, 2.24) is 0 Å². The minimum Gasteiger partial charge on any atom is -0.490 e. The van der Waals surface area contributed by atoms with Crippen molar-refractivity contribution in [3.8, 4) is 5.75 Å². The number of ether oxygens (including phenoxy) is 1. The van der Waals surface area contributed by atoms with E-state index in [-0.39, 0.29) is 5.75 Å². The first-order chi connectivity index (χ1) is 7.40. The van der Waals surface area contributed by atoms with Crippen molar-refractivity contribution in [1.29, 1.82) is 0 Å². The Kier molecular flexibility index (Phi) is 4.61. The van der Waals surface area contributed by atoms with Gasteiger partial charge < -0.3 is 10.5 Å². The first-order valence-corrected chi connectivity index (χ1v) is 7.60. The van der Waals surface area contributed by atoms with Gasteiger partial charge in [-0.3, -0.25) is 0 Å². The zero-order valence-electron chi connectivity index (χ0n) is 8.94. The molecule has 0 amide bonds. The van der Waals surface area contributed by atoms with Crippen molar-refractivity contribution in [3.63, 3.8) is 0 Å². The Labute approximate surface area is 104 Å². The molecule has 0 bridgehead atoms. The first-order valence-electron chi connectivity index (χ1n) is 4.74. The summed E-state index contributed by atoms with van der Waals surface area (Å²) >= 11 is 3.32. The summed E-state index contributed by atoms with van der Waals surface area (Å²) < 4.78 is 28.0. The SMILES string of the molecule is CS(=O)(=O)CCCOc1c(N)cccc1Br. The summed E-state index contributed by atoms with van der Waals surface area (Å²) in [5.74, 6) is 0.688. The lowest BCUT2D eigenvalue weighted by Gasteiger charge is -2.10. The fraction of sp³-hybridized carbons (Fsp3) is 0.400. The van der Waals surface area contributed by atoms with Crippen LogP contribution in [0.3, 0.4) is 0 Å². The molecule has 0 aliphatic rings. The second-order valence-corrected chi connectivity index (χ2v) is 6.60. The Morgan fingerprint density at radius 2 is 2.12 bits per heavy atom. The lowest BCUT2D eigenvalue weighted by atomic mass is 10.3. The molecular weight excluding hydrogens is 294 g/mol. The number of halogens is 1. The maximum absolute atomic E-state index is 10.9. The van der Waals surface area contributed by atoms with E-state index in [1.165, 1.54) is 6.26 Å². The van der Waals surface area contributed by atoms with Crippen LogP contribution in [0.1, 0.15) is 6.42 Å². The molecule has 6 heteroatoms. The van der Waals surface area contributed by atoms with E-state index in [9.17, 15) is 8.42 Å². The minimum absolute atomic E-state index is 0.122. The molecule has 0 saturated heterocycles. The van der Waals surface area contributed by atoms with Gasteiger partial charge in [0.15, 0.2) is 5.75 Å². The lowest BCUT2D eigenvalue weighted by molar-refractivity contribution is 0.317. The number of hydrogen-bond acceptors (Lipinski definition) is 4. The van der Waals surface area contributed by atoms with Gasteiger partial charge in [-0.1, -0.05) is 6.07 Å². The topological polar surface area (TPSA) is 69.4 Å². The number of para-hydroxylation sites is 1. The third-order valence-corrected chi connectivity index (χ3v) is 3.56. The molecule has 0 spiro atoms. The highest BCUT2D eigenvalue weighted by Gasteiger charge is 2.06. The number of anilines is 1. The van der Waals surface area contributed by atoms with Gasteiger partial charge in [-0.05, 0) is 34.5 Å². The second-order valence-electron chi connectivity index (χ2n) is 3.49. The molecular formula is C10H14BrNO3S. The van der Waals surface area contributed by atoms with E-state index >= 15 is 0 Å². The largest absolute Gasteiger partial charge is 0.490 e. The van der Waals surface area contributed by atoms with E-state index in [0.717, 1.165) is 4.47 Å². The second kappa shape index (κ2) is 5.54. The minimum atomic E-state index is -2.92. The van der Waals surface area contributed by atoms with E-state index in [2.05, 4.69) is 15.9 Å². The van der Waals surface area contributed by atoms with Crippen LogP contribution in [0, 0.1) is 0 Å². The molecule has 0 unspecified atom stereocenters. The highest BCUT2D eigenvalue weighted by atomic mass is 79.9. The van der Waals surface area contributed by atoms with Gasteiger partial charge in [0, 0.05) is 6.26 Å². The van der Waals surface area contributed by atoms with Crippen LogP contribution in [0.5, 0.6) is 5.75 Å². The van der Waals surface area contributed by atoms with Gasteiger partial charge in [0.1, 0.15) is 9.84 Å². The normalized spacial score (nSPS) is 11.4. The van der Waals surface area contributed by atoms with E-state index in [1.807, 2.05) is 12.1 Å². The summed E-state index contributed by atoms with van der Waals surface area (Å²) in [6.07, 6.45) is 1.67. The van der Waals surface area contributed by atoms with Crippen molar-refractivity contribution in [3.05, 3.63) is 22.7 Å². The molecule has 0 atom stereocenters. The predicted molar refractivity (Wildman–Crippen MR) is 68.4 cm³/mol. The molecule has 90 valence electrons. The Morgan fingerprint density at radius 1 is 1.44 bits per heavy atom. The Bertz CT molecular complexity index is 439. The van der Waals surface area contributed by atoms with Gasteiger partial charge in [-0.2, -0.15) is 0 Å². The molecule has 4 nitrogen and oxygen atoms in total. The van der Waals surface area contributed by atoms with Crippen LogP contribution in [0.2, 0.25) is 0 Å². The van der Waals surface area contributed by atoms with E-state index in [4.69, 9.17) is 10.5 Å². The number of nitrogen functional groups attached to an aromatic ring is 1. The fourth-order valence-electron chi connectivity index (χ4n) is 1.17. The predicted octanol–water partition coefficient (Wildman–Crippen LogP) is 1.84. The van der Waals surface area contributed by atoms with Gasteiger partial charge in [-0.15, -0.1) is 0 Å². The quantitative estimate of drug-likeness (QED) is 0.666. The van der Waals surface area contributed by atoms with Crippen LogP contribution in [-0.2, 0) is 9.84 Å². The number of benzene rings is 1. The van der Waals surface area contributed by atoms with Crippen LogP contribution in [0.25, 0.3) is 0 Å². The van der Waals surface area contributed by atoms with Gasteiger partial charge >= 0.3 is 0 Å². The van der Waals surface area contributed by atoms with Crippen molar-refractivity contribution < 1.29 is 13.2 Å². The average molecular weight is 308 g/mol. The van der Waals surface area contributed by atoms with Crippen LogP contribution in [0.4, 0.5) is 5.69 Å².